The third-order valence-electron chi connectivity index (χ3n) is 3.20. The van der Waals surface area contributed by atoms with Crippen molar-refractivity contribution in [2.24, 2.45) is 5.73 Å². The average molecular weight is 345 g/mol. The van der Waals surface area contributed by atoms with E-state index in [1.54, 1.807) is 31.2 Å². The summed E-state index contributed by atoms with van der Waals surface area (Å²) >= 11 is 0. The fourth-order valence-corrected chi connectivity index (χ4v) is 1.90. The van der Waals surface area contributed by atoms with E-state index < -0.39 is 5.54 Å². The predicted molar refractivity (Wildman–Crippen MR) is 91.9 cm³/mol. The fraction of sp³-hybridized carbons (Fsp3) is 0.500. The molecule has 1 aromatic rings. The summed E-state index contributed by atoms with van der Waals surface area (Å²) in [5.41, 5.74) is 5.74. The number of esters is 1. The van der Waals surface area contributed by atoms with Gasteiger partial charge in [-0.25, -0.2) is 0 Å². The highest BCUT2D eigenvalue weighted by atomic mass is 35.5. The summed E-state index contributed by atoms with van der Waals surface area (Å²) in [7, 11) is 1.34. The Bertz CT molecular complexity index is 503. The highest BCUT2D eigenvalue weighted by Gasteiger charge is 2.27. The minimum Gasteiger partial charge on any atom is -0.493 e. The molecule has 0 spiro atoms. The topological polar surface area (TPSA) is 90.7 Å². The number of carbonyl (C=O) groups is 2. The second kappa shape index (κ2) is 10.1. The standard InChI is InChI=1S/C16H24N2O4.ClH/c1-4-10-16(2,17)15(20)18-12-5-7-13(8-6-12)22-11-9-14(19)21-3;/h5-8H,4,9-11,17H2,1-3H3,(H,18,20);1H. The van der Waals surface area contributed by atoms with Gasteiger partial charge in [0.1, 0.15) is 5.75 Å². The largest absolute Gasteiger partial charge is 0.493 e. The van der Waals surface area contributed by atoms with Crippen LogP contribution in [0.1, 0.15) is 33.1 Å². The number of amides is 1. The maximum atomic E-state index is 12.1. The third-order valence-corrected chi connectivity index (χ3v) is 3.20. The van der Waals surface area contributed by atoms with Crippen LogP contribution in [-0.2, 0) is 14.3 Å². The number of nitrogens with two attached hydrogens (primary N) is 1. The van der Waals surface area contributed by atoms with Crippen LogP contribution in [0.3, 0.4) is 0 Å². The molecule has 0 heterocycles. The van der Waals surface area contributed by atoms with Gasteiger partial charge in [0.05, 0.1) is 25.7 Å². The van der Waals surface area contributed by atoms with E-state index in [0.717, 1.165) is 6.42 Å². The molecule has 0 aliphatic heterocycles. The molecule has 1 unspecified atom stereocenters. The Hall–Kier alpha value is -1.79. The summed E-state index contributed by atoms with van der Waals surface area (Å²) < 4.78 is 9.93. The van der Waals surface area contributed by atoms with Crippen molar-refractivity contribution >= 4 is 30.0 Å². The molecule has 0 aromatic heterocycles. The number of methoxy groups -OCH3 is 1. The van der Waals surface area contributed by atoms with Gasteiger partial charge in [-0.15, -0.1) is 12.4 Å². The van der Waals surface area contributed by atoms with Gasteiger partial charge in [0.15, 0.2) is 0 Å². The molecule has 0 bridgehead atoms. The number of carbonyl (C=O) groups excluding carboxylic acids is 2. The second-order valence-corrected chi connectivity index (χ2v) is 5.32. The number of hydrogen-bond acceptors (Lipinski definition) is 5. The Kier molecular flexibility index (Phi) is 9.29. The molecule has 6 nitrogen and oxygen atoms in total. The molecule has 1 atom stereocenters. The lowest BCUT2D eigenvalue weighted by molar-refractivity contribution is -0.141. The van der Waals surface area contributed by atoms with Gasteiger partial charge in [-0.2, -0.15) is 0 Å². The lowest BCUT2D eigenvalue weighted by Gasteiger charge is -2.22. The minimum atomic E-state index is -0.884. The number of halogens is 1. The van der Waals surface area contributed by atoms with E-state index in [1.807, 2.05) is 6.92 Å². The molecule has 23 heavy (non-hydrogen) atoms. The number of nitrogens with one attached hydrogen (secondary N) is 1. The molecule has 130 valence electrons. The van der Waals surface area contributed by atoms with Crippen LogP contribution in [0.25, 0.3) is 0 Å². The Morgan fingerprint density at radius 2 is 1.87 bits per heavy atom. The summed E-state index contributed by atoms with van der Waals surface area (Å²) in [6.45, 7) is 3.95. The van der Waals surface area contributed by atoms with Crippen molar-refractivity contribution in [1.29, 1.82) is 0 Å². The first kappa shape index (κ1) is 21.2. The van der Waals surface area contributed by atoms with E-state index in [2.05, 4.69) is 10.1 Å². The van der Waals surface area contributed by atoms with E-state index in [1.165, 1.54) is 7.11 Å². The van der Waals surface area contributed by atoms with Crippen LogP contribution in [0.5, 0.6) is 5.75 Å². The summed E-state index contributed by atoms with van der Waals surface area (Å²) in [6.07, 6.45) is 1.65. The van der Waals surface area contributed by atoms with Crippen LogP contribution in [-0.4, -0.2) is 31.1 Å². The summed E-state index contributed by atoms with van der Waals surface area (Å²) in [4.78, 5) is 23.0. The fourth-order valence-electron chi connectivity index (χ4n) is 1.90. The van der Waals surface area contributed by atoms with Crippen LogP contribution in [0.4, 0.5) is 5.69 Å². The number of ether oxygens (including phenoxy) is 2. The molecule has 7 heteroatoms. The number of anilines is 1. The summed E-state index contributed by atoms with van der Waals surface area (Å²) in [6, 6.07) is 6.90. The Labute approximate surface area is 143 Å². The lowest BCUT2D eigenvalue weighted by Crippen LogP contribution is -2.48. The van der Waals surface area contributed by atoms with Crippen molar-refractivity contribution < 1.29 is 19.1 Å². The molecule has 0 fully saturated rings. The lowest BCUT2D eigenvalue weighted by atomic mass is 9.96. The summed E-state index contributed by atoms with van der Waals surface area (Å²) in [5.74, 6) is 0.0849. The Morgan fingerprint density at radius 1 is 1.26 bits per heavy atom. The maximum Gasteiger partial charge on any atom is 0.308 e. The van der Waals surface area contributed by atoms with E-state index in [0.29, 0.717) is 17.9 Å². The normalized spacial score (nSPS) is 12.5. The molecule has 0 radical (unpaired) electrons. The van der Waals surface area contributed by atoms with Crippen LogP contribution in [0.2, 0.25) is 0 Å². The van der Waals surface area contributed by atoms with Crippen LogP contribution >= 0.6 is 12.4 Å². The number of benzene rings is 1. The van der Waals surface area contributed by atoms with E-state index in [4.69, 9.17) is 10.5 Å². The molecule has 0 aliphatic carbocycles. The highest BCUT2D eigenvalue weighted by molar-refractivity contribution is 5.97. The quantitative estimate of drug-likeness (QED) is 0.707. The SMILES string of the molecule is CCCC(C)(N)C(=O)Nc1ccc(OCCC(=O)OC)cc1.Cl. The zero-order valence-corrected chi connectivity index (χ0v) is 14.6. The van der Waals surface area contributed by atoms with Gasteiger partial charge < -0.3 is 20.5 Å². The molecule has 0 saturated heterocycles. The first-order valence-electron chi connectivity index (χ1n) is 7.29. The molecular formula is C16H25ClN2O4. The smallest absolute Gasteiger partial charge is 0.308 e. The van der Waals surface area contributed by atoms with Crippen molar-refractivity contribution in [3.8, 4) is 5.75 Å². The van der Waals surface area contributed by atoms with E-state index >= 15 is 0 Å². The van der Waals surface area contributed by atoms with Crippen molar-refractivity contribution in [3.63, 3.8) is 0 Å². The van der Waals surface area contributed by atoms with E-state index in [-0.39, 0.29) is 37.3 Å². The monoisotopic (exact) mass is 344 g/mol. The van der Waals surface area contributed by atoms with E-state index in [9.17, 15) is 9.59 Å². The first-order valence-corrected chi connectivity index (χ1v) is 7.29. The zero-order chi connectivity index (χ0) is 16.6. The highest BCUT2D eigenvalue weighted by Crippen LogP contribution is 2.18. The Morgan fingerprint density at radius 3 is 2.39 bits per heavy atom. The van der Waals surface area contributed by atoms with Crippen molar-refractivity contribution in [2.45, 2.75) is 38.6 Å². The van der Waals surface area contributed by atoms with Gasteiger partial charge in [0.2, 0.25) is 5.91 Å². The molecule has 0 aliphatic rings. The van der Waals surface area contributed by atoms with Crippen LogP contribution in [0.15, 0.2) is 24.3 Å². The Balaban J connectivity index is 0.00000484. The van der Waals surface area contributed by atoms with Gasteiger partial charge in [-0.1, -0.05) is 13.3 Å². The maximum absolute atomic E-state index is 12.1. The van der Waals surface area contributed by atoms with Crippen LogP contribution < -0.4 is 15.8 Å². The summed E-state index contributed by atoms with van der Waals surface area (Å²) in [5, 5.41) is 2.78. The number of rotatable bonds is 8. The van der Waals surface area contributed by atoms with Gasteiger partial charge in [-0.3, -0.25) is 9.59 Å². The molecule has 1 rings (SSSR count). The van der Waals surface area contributed by atoms with Gasteiger partial charge in [0, 0.05) is 5.69 Å². The average Bonchev–Trinajstić information content (AvgIpc) is 2.48. The van der Waals surface area contributed by atoms with Gasteiger partial charge in [-0.05, 0) is 37.6 Å². The van der Waals surface area contributed by atoms with Crippen LogP contribution in [0, 0.1) is 0 Å². The number of hydrogen-bond donors (Lipinski definition) is 2. The van der Waals surface area contributed by atoms with Crippen molar-refractivity contribution in [2.75, 3.05) is 19.0 Å². The van der Waals surface area contributed by atoms with Gasteiger partial charge >= 0.3 is 5.97 Å². The van der Waals surface area contributed by atoms with Crippen molar-refractivity contribution in [1.82, 2.24) is 0 Å². The van der Waals surface area contributed by atoms with Gasteiger partial charge in [0.25, 0.3) is 0 Å². The second-order valence-electron chi connectivity index (χ2n) is 5.32. The first-order chi connectivity index (χ1) is 10.4. The van der Waals surface area contributed by atoms with Crippen molar-refractivity contribution in [3.05, 3.63) is 24.3 Å². The zero-order valence-electron chi connectivity index (χ0n) is 13.8. The molecule has 0 saturated carbocycles. The molecule has 3 N–H and O–H groups in total. The third kappa shape index (κ3) is 7.34. The molecule has 1 amide bonds. The molecule has 1 aromatic carbocycles. The predicted octanol–water partition coefficient (Wildman–Crippen LogP) is 2.51. The minimum absolute atomic E-state index is 0. The molecular weight excluding hydrogens is 320 g/mol.